The van der Waals surface area contributed by atoms with E-state index in [1.807, 2.05) is 0 Å². The summed E-state index contributed by atoms with van der Waals surface area (Å²) in [6.07, 6.45) is -3.07. The van der Waals surface area contributed by atoms with Crippen molar-refractivity contribution in [1.29, 1.82) is 0 Å². The molecule has 94 valence electrons. The summed E-state index contributed by atoms with van der Waals surface area (Å²) < 4.78 is 34.6. The summed E-state index contributed by atoms with van der Waals surface area (Å²) in [5.74, 6) is -1.06. The van der Waals surface area contributed by atoms with Gasteiger partial charge >= 0.3 is 5.97 Å². The molecule has 1 heterocycles. The molecule has 0 amide bonds. The number of methoxy groups -OCH3 is 1. The molecule has 7 heteroatoms. The van der Waals surface area contributed by atoms with E-state index in [-0.39, 0.29) is 12.5 Å². The number of halogens is 2. The smallest absolute Gasteiger partial charge is 0.339 e. The summed E-state index contributed by atoms with van der Waals surface area (Å²) >= 11 is 0. The maximum absolute atomic E-state index is 12.7. The van der Waals surface area contributed by atoms with Gasteiger partial charge in [-0.1, -0.05) is 0 Å². The quantitative estimate of drug-likeness (QED) is 0.818. The van der Waals surface area contributed by atoms with Crippen molar-refractivity contribution < 1.29 is 23.0 Å². The highest BCUT2D eigenvalue weighted by atomic mass is 19.3. The highest BCUT2D eigenvalue weighted by Crippen LogP contribution is 2.22. The van der Waals surface area contributed by atoms with Gasteiger partial charge in [-0.2, -0.15) is 0 Å². The Morgan fingerprint density at radius 1 is 1.53 bits per heavy atom. The molecular formula is C10H11F2NO4. The number of hydrogen-bond donors (Lipinski definition) is 1. The fourth-order valence-electron chi connectivity index (χ4n) is 1.25. The molecule has 17 heavy (non-hydrogen) atoms. The van der Waals surface area contributed by atoms with Crippen LogP contribution < -0.4 is 10.3 Å². The van der Waals surface area contributed by atoms with Crippen LogP contribution in [-0.4, -0.2) is 24.7 Å². The van der Waals surface area contributed by atoms with E-state index in [0.29, 0.717) is 0 Å². The molecule has 0 atom stereocenters. The van der Waals surface area contributed by atoms with Crippen molar-refractivity contribution in [1.82, 2.24) is 4.98 Å². The van der Waals surface area contributed by atoms with E-state index < -0.39 is 29.1 Å². The number of H-pyrrole nitrogens is 1. The molecule has 5 nitrogen and oxygen atoms in total. The van der Waals surface area contributed by atoms with Gasteiger partial charge in [0.15, 0.2) is 5.88 Å². The Bertz CT molecular complexity index is 470. The molecule has 0 spiro atoms. The van der Waals surface area contributed by atoms with E-state index in [4.69, 9.17) is 4.74 Å². The zero-order chi connectivity index (χ0) is 13.0. The third-order valence-electron chi connectivity index (χ3n) is 1.98. The second kappa shape index (κ2) is 5.42. The summed E-state index contributed by atoms with van der Waals surface area (Å²) in [6.45, 7) is 1.56. The van der Waals surface area contributed by atoms with Gasteiger partial charge in [0.25, 0.3) is 12.0 Å². The standard InChI is InChI=1S/C10H11F2NO4/c1-3-17-10(15)5-4-6(16-2)13-9(14)7(5)8(11)12/h4,8H,3H2,1-2H3,(H,13,14). The van der Waals surface area contributed by atoms with Gasteiger partial charge in [-0.25, -0.2) is 13.6 Å². The monoisotopic (exact) mass is 247 g/mol. The van der Waals surface area contributed by atoms with E-state index >= 15 is 0 Å². The molecule has 0 unspecified atom stereocenters. The molecule has 0 aliphatic heterocycles. The van der Waals surface area contributed by atoms with Crippen molar-refractivity contribution in [2.75, 3.05) is 13.7 Å². The highest BCUT2D eigenvalue weighted by molar-refractivity contribution is 5.91. The van der Waals surface area contributed by atoms with Crippen LogP contribution in [0.25, 0.3) is 0 Å². The number of pyridine rings is 1. The molecule has 0 bridgehead atoms. The molecule has 0 saturated heterocycles. The number of ether oxygens (including phenoxy) is 2. The summed E-state index contributed by atoms with van der Waals surface area (Å²) in [7, 11) is 1.24. The van der Waals surface area contributed by atoms with E-state index in [9.17, 15) is 18.4 Å². The van der Waals surface area contributed by atoms with E-state index in [1.165, 1.54) is 14.0 Å². The molecular weight excluding hydrogens is 236 g/mol. The third kappa shape index (κ3) is 2.80. The van der Waals surface area contributed by atoms with Crippen LogP contribution in [0.4, 0.5) is 8.78 Å². The number of hydrogen-bond acceptors (Lipinski definition) is 4. The largest absolute Gasteiger partial charge is 0.482 e. The van der Waals surface area contributed by atoms with E-state index in [1.54, 1.807) is 0 Å². The van der Waals surface area contributed by atoms with Crippen LogP contribution in [-0.2, 0) is 4.74 Å². The highest BCUT2D eigenvalue weighted by Gasteiger charge is 2.24. The summed E-state index contributed by atoms with van der Waals surface area (Å²) in [5, 5.41) is 0. The minimum absolute atomic E-state index is 0.0244. The molecule has 1 rings (SSSR count). The Labute approximate surface area is 95.4 Å². The normalized spacial score (nSPS) is 10.4. The Hall–Kier alpha value is -1.92. The lowest BCUT2D eigenvalue weighted by Crippen LogP contribution is -2.20. The fourth-order valence-corrected chi connectivity index (χ4v) is 1.25. The van der Waals surface area contributed by atoms with Gasteiger partial charge in [-0.3, -0.25) is 9.78 Å². The predicted octanol–water partition coefficient (Wildman–Crippen LogP) is 1.50. The zero-order valence-electron chi connectivity index (χ0n) is 9.25. The lowest BCUT2D eigenvalue weighted by atomic mass is 10.1. The van der Waals surface area contributed by atoms with Crippen molar-refractivity contribution in [3.05, 3.63) is 27.5 Å². The Morgan fingerprint density at radius 2 is 2.18 bits per heavy atom. The molecule has 1 N–H and O–H groups in total. The van der Waals surface area contributed by atoms with Gasteiger partial charge in [0.2, 0.25) is 0 Å². The van der Waals surface area contributed by atoms with Crippen molar-refractivity contribution >= 4 is 5.97 Å². The number of rotatable bonds is 4. The topological polar surface area (TPSA) is 68.4 Å². The number of carbonyl (C=O) groups excluding carboxylic acids is 1. The lowest BCUT2D eigenvalue weighted by molar-refractivity contribution is 0.0514. The van der Waals surface area contributed by atoms with Crippen molar-refractivity contribution in [2.24, 2.45) is 0 Å². The van der Waals surface area contributed by atoms with Crippen LogP contribution in [0.3, 0.4) is 0 Å². The van der Waals surface area contributed by atoms with Gasteiger partial charge in [0.1, 0.15) is 0 Å². The van der Waals surface area contributed by atoms with Crippen LogP contribution in [0.15, 0.2) is 10.9 Å². The molecule has 0 aliphatic rings. The van der Waals surface area contributed by atoms with Gasteiger partial charge < -0.3 is 9.47 Å². The van der Waals surface area contributed by atoms with Crippen molar-refractivity contribution in [3.8, 4) is 5.88 Å². The number of nitrogens with one attached hydrogen (secondary N) is 1. The van der Waals surface area contributed by atoms with Crippen molar-refractivity contribution in [2.45, 2.75) is 13.3 Å². The second-order valence-electron chi connectivity index (χ2n) is 3.02. The first-order valence-electron chi connectivity index (χ1n) is 4.77. The van der Waals surface area contributed by atoms with Crippen molar-refractivity contribution in [3.63, 3.8) is 0 Å². The number of carbonyl (C=O) groups is 1. The first-order valence-corrected chi connectivity index (χ1v) is 4.77. The second-order valence-corrected chi connectivity index (χ2v) is 3.02. The number of esters is 1. The summed E-state index contributed by atoms with van der Waals surface area (Å²) in [4.78, 5) is 24.9. The molecule has 0 fully saturated rings. The minimum Gasteiger partial charge on any atom is -0.482 e. The Kier molecular flexibility index (Phi) is 4.19. The Morgan fingerprint density at radius 3 is 2.65 bits per heavy atom. The molecule has 1 aromatic rings. The maximum atomic E-state index is 12.7. The minimum atomic E-state index is -3.07. The summed E-state index contributed by atoms with van der Waals surface area (Å²) in [6, 6.07) is 1.01. The van der Waals surface area contributed by atoms with Gasteiger partial charge in [-0.15, -0.1) is 0 Å². The van der Waals surface area contributed by atoms with E-state index in [0.717, 1.165) is 6.07 Å². The van der Waals surface area contributed by atoms with Crippen LogP contribution in [0.5, 0.6) is 5.88 Å². The Balaban J connectivity index is 3.37. The average molecular weight is 247 g/mol. The van der Waals surface area contributed by atoms with Crippen LogP contribution in [0, 0.1) is 0 Å². The fraction of sp³-hybridized carbons (Fsp3) is 0.400. The van der Waals surface area contributed by atoms with Gasteiger partial charge in [0, 0.05) is 6.07 Å². The van der Waals surface area contributed by atoms with Gasteiger partial charge in [-0.05, 0) is 6.92 Å². The number of alkyl halides is 2. The molecule has 0 aromatic carbocycles. The molecule has 0 saturated carbocycles. The first kappa shape index (κ1) is 13.1. The number of aromatic nitrogens is 1. The van der Waals surface area contributed by atoms with Crippen LogP contribution in [0.1, 0.15) is 29.3 Å². The van der Waals surface area contributed by atoms with Crippen LogP contribution >= 0.6 is 0 Å². The number of aromatic amines is 1. The third-order valence-corrected chi connectivity index (χ3v) is 1.98. The molecule has 1 aromatic heterocycles. The predicted molar refractivity (Wildman–Crippen MR) is 54.5 cm³/mol. The maximum Gasteiger partial charge on any atom is 0.339 e. The molecule has 0 aliphatic carbocycles. The average Bonchev–Trinajstić information content (AvgIpc) is 2.27. The SMILES string of the molecule is CCOC(=O)c1cc(OC)[nH]c(=O)c1C(F)F. The van der Waals surface area contributed by atoms with Gasteiger partial charge in [0.05, 0.1) is 24.8 Å². The first-order chi connectivity index (χ1) is 8.01. The van der Waals surface area contributed by atoms with Crippen LogP contribution in [0.2, 0.25) is 0 Å². The molecule has 0 radical (unpaired) electrons. The zero-order valence-corrected chi connectivity index (χ0v) is 9.25. The summed E-state index contributed by atoms with van der Waals surface area (Å²) in [5.41, 5.74) is -2.46. The van der Waals surface area contributed by atoms with E-state index in [2.05, 4.69) is 9.72 Å². The lowest BCUT2D eigenvalue weighted by Gasteiger charge is -2.09.